The summed E-state index contributed by atoms with van der Waals surface area (Å²) in [5.41, 5.74) is 2.84. The number of fused-ring (bicyclic) bond motifs is 1. The Morgan fingerprint density at radius 3 is 2.81 bits per heavy atom. The Hall–Kier alpha value is -2.07. The van der Waals surface area contributed by atoms with E-state index >= 15 is 0 Å². The molecule has 1 aromatic heterocycles. The monoisotopic (exact) mass is 282 g/mol. The number of aliphatic hydroxyl groups is 1. The SMILES string of the molecule is O=C(N[C@@H]1c2ccccc2C[C@@H]1O)c1cccn1C1CC1. The lowest BCUT2D eigenvalue weighted by Crippen LogP contribution is -2.34. The van der Waals surface area contributed by atoms with Crippen molar-refractivity contribution in [3.8, 4) is 0 Å². The molecule has 0 spiro atoms. The molecule has 2 aromatic rings. The topological polar surface area (TPSA) is 54.3 Å². The summed E-state index contributed by atoms with van der Waals surface area (Å²) in [6.07, 6.45) is 4.31. The van der Waals surface area contributed by atoms with Crippen molar-refractivity contribution in [1.29, 1.82) is 0 Å². The average molecular weight is 282 g/mol. The molecular formula is C17H18N2O2. The Morgan fingerprint density at radius 2 is 2.00 bits per heavy atom. The number of aliphatic hydroxyl groups excluding tert-OH is 1. The van der Waals surface area contributed by atoms with Gasteiger partial charge in [0, 0.05) is 18.7 Å². The fraction of sp³-hybridized carbons (Fsp3) is 0.353. The first-order chi connectivity index (χ1) is 10.2. The Bertz CT molecular complexity index is 688. The molecule has 1 aromatic carbocycles. The highest BCUT2D eigenvalue weighted by Crippen LogP contribution is 2.36. The van der Waals surface area contributed by atoms with Gasteiger partial charge in [0.25, 0.3) is 5.91 Å². The second kappa shape index (κ2) is 4.74. The number of aromatic nitrogens is 1. The van der Waals surface area contributed by atoms with Crippen LogP contribution in [0.4, 0.5) is 0 Å². The molecule has 2 aliphatic rings. The molecule has 4 nitrogen and oxygen atoms in total. The van der Waals surface area contributed by atoms with Crippen molar-refractivity contribution in [2.45, 2.75) is 37.5 Å². The quantitative estimate of drug-likeness (QED) is 0.907. The second-order valence-corrected chi connectivity index (χ2v) is 5.95. The number of carbonyl (C=O) groups excluding carboxylic acids is 1. The smallest absolute Gasteiger partial charge is 0.268 e. The number of benzene rings is 1. The summed E-state index contributed by atoms with van der Waals surface area (Å²) in [5, 5.41) is 13.2. The highest BCUT2D eigenvalue weighted by molar-refractivity contribution is 5.93. The standard InChI is InChI=1S/C17H18N2O2/c20-15-10-11-4-1-2-5-13(11)16(15)18-17(21)14-6-3-9-19(14)12-7-8-12/h1-6,9,12,15-16,20H,7-8,10H2,(H,18,21)/t15-,16+/m0/s1. The summed E-state index contributed by atoms with van der Waals surface area (Å²) in [7, 11) is 0. The van der Waals surface area contributed by atoms with Gasteiger partial charge in [-0.05, 0) is 36.1 Å². The highest BCUT2D eigenvalue weighted by Gasteiger charge is 2.33. The van der Waals surface area contributed by atoms with Crippen LogP contribution in [0, 0.1) is 0 Å². The van der Waals surface area contributed by atoms with Crippen LogP contribution < -0.4 is 5.32 Å². The molecule has 0 aliphatic heterocycles. The van der Waals surface area contributed by atoms with Crippen LogP contribution in [-0.4, -0.2) is 21.7 Å². The van der Waals surface area contributed by atoms with Gasteiger partial charge in [0.1, 0.15) is 5.69 Å². The first-order valence-electron chi connectivity index (χ1n) is 7.47. The summed E-state index contributed by atoms with van der Waals surface area (Å²) in [6, 6.07) is 11.8. The zero-order chi connectivity index (χ0) is 14.4. The van der Waals surface area contributed by atoms with Crippen molar-refractivity contribution in [3.63, 3.8) is 0 Å². The van der Waals surface area contributed by atoms with E-state index in [0.29, 0.717) is 18.2 Å². The minimum absolute atomic E-state index is 0.104. The minimum atomic E-state index is -0.546. The largest absolute Gasteiger partial charge is 0.390 e. The molecule has 1 amide bonds. The third kappa shape index (κ3) is 2.16. The van der Waals surface area contributed by atoms with Crippen molar-refractivity contribution in [3.05, 3.63) is 59.4 Å². The summed E-state index contributed by atoms with van der Waals surface area (Å²) >= 11 is 0. The lowest BCUT2D eigenvalue weighted by molar-refractivity contribution is 0.0849. The number of amides is 1. The lowest BCUT2D eigenvalue weighted by atomic mass is 10.1. The van der Waals surface area contributed by atoms with E-state index in [1.54, 1.807) is 0 Å². The number of rotatable bonds is 3. The third-order valence-electron chi connectivity index (χ3n) is 4.44. The van der Waals surface area contributed by atoms with Gasteiger partial charge in [-0.3, -0.25) is 4.79 Å². The molecule has 0 unspecified atom stereocenters. The summed E-state index contributed by atoms with van der Waals surface area (Å²) in [5.74, 6) is -0.104. The van der Waals surface area contributed by atoms with Gasteiger partial charge >= 0.3 is 0 Å². The number of nitrogens with one attached hydrogen (secondary N) is 1. The molecular weight excluding hydrogens is 264 g/mol. The van der Waals surface area contributed by atoms with E-state index in [1.165, 1.54) is 0 Å². The number of hydrogen-bond acceptors (Lipinski definition) is 2. The molecule has 0 radical (unpaired) electrons. The van der Waals surface area contributed by atoms with Gasteiger partial charge in [0.15, 0.2) is 0 Å². The van der Waals surface area contributed by atoms with Gasteiger partial charge in [-0.25, -0.2) is 0 Å². The van der Waals surface area contributed by atoms with Crippen LogP contribution in [0.2, 0.25) is 0 Å². The van der Waals surface area contributed by atoms with Gasteiger partial charge in [0.2, 0.25) is 0 Å². The molecule has 0 saturated heterocycles. The lowest BCUT2D eigenvalue weighted by Gasteiger charge is -2.18. The fourth-order valence-corrected chi connectivity index (χ4v) is 3.22. The van der Waals surface area contributed by atoms with Gasteiger partial charge < -0.3 is 15.0 Å². The Kier molecular flexibility index (Phi) is 2.86. The Morgan fingerprint density at radius 1 is 1.19 bits per heavy atom. The van der Waals surface area contributed by atoms with E-state index in [2.05, 4.69) is 5.32 Å². The molecule has 21 heavy (non-hydrogen) atoms. The average Bonchev–Trinajstić information content (AvgIpc) is 3.13. The molecule has 1 saturated carbocycles. The third-order valence-corrected chi connectivity index (χ3v) is 4.44. The van der Waals surface area contributed by atoms with E-state index < -0.39 is 6.10 Å². The molecule has 0 bridgehead atoms. The van der Waals surface area contributed by atoms with Crippen molar-refractivity contribution >= 4 is 5.91 Å². The van der Waals surface area contributed by atoms with Gasteiger partial charge in [-0.15, -0.1) is 0 Å². The van der Waals surface area contributed by atoms with Gasteiger partial charge in [0.05, 0.1) is 12.1 Å². The Balaban J connectivity index is 1.58. The number of nitrogens with zero attached hydrogens (tertiary/aromatic N) is 1. The van der Waals surface area contributed by atoms with E-state index in [1.807, 2.05) is 47.2 Å². The van der Waals surface area contributed by atoms with E-state index in [-0.39, 0.29) is 11.9 Å². The molecule has 2 atom stereocenters. The zero-order valence-corrected chi connectivity index (χ0v) is 11.7. The Labute approximate surface area is 123 Å². The number of carbonyl (C=O) groups is 1. The molecule has 2 N–H and O–H groups in total. The highest BCUT2D eigenvalue weighted by atomic mass is 16.3. The van der Waals surface area contributed by atoms with Crippen LogP contribution >= 0.6 is 0 Å². The molecule has 4 rings (SSSR count). The van der Waals surface area contributed by atoms with E-state index in [4.69, 9.17) is 0 Å². The van der Waals surface area contributed by atoms with Crippen LogP contribution in [0.5, 0.6) is 0 Å². The predicted octanol–water partition coefficient (Wildman–Crippen LogP) is 2.21. The first kappa shape index (κ1) is 12.7. The van der Waals surface area contributed by atoms with Crippen molar-refractivity contribution in [2.75, 3.05) is 0 Å². The summed E-state index contributed by atoms with van der Waals surface area (Å²) < 4.78 is 2.04. The number of hydrogen-bond donors (Lipinski definition) is 2. The van der Waals surface area contributed by atoms with Gasteiger partial charge in [-0.1, -0.05) is 24.3 Å². The van der Waals surface area contributed by atoms with Crippen molar-refractivity contribution < 1.29 is 9.90 Å². The van der Waals surface area contributed by atoms with Crippen molar-refractivity contribution in [2.24, 2.45) is 0 Å². The molecule has 2 aliphatic carbocycles. The minimum Gasteiger partial charge on any atom is -0.390 e. The van der Waals surface area contributed by atoms with Crippen LogP contribution in [0.25, 0.3) is 0 Å². The molecule has 1 fully saturated rings. The van der Waals surface area contributed by atoms with Crippen LogP contribution in [-0.2, 0) is 6.42 Å². The maximum absolute atomic E-state index is 12.5. The van der Waals surface area contributed by atoms with Crippen LogP contribution in [0.15, 0.2) is 42.6 Å². The van der Waals surface area contributed by atoms with Crippen molar-refractivity contribution in [1.82, 2.24) is 9.88 Å². The normalized spacial score (nSPS) is 23.9. The summed E-state index contributed by atoms with van der Waals surface area (Å²) in [4.78, 5) is 12.5. The maximum Gasteiger partial charge on any atom is 0.268 e. The van der Waals surface area contributed by atoms with Crippen LogP contribution in [0.3, 0.4) is 0 Å². The second-order valence-electron chi connectivity index (χ2n) is 5.95. The first-order valence-corrected chi connectivity index (χ1v) is 7.47. The molecule has 4 heteroatoms. The molecule has 1 heterocycles. The van der Waals surface area contributed by atoms with Gasteiger partial charge in [-0.2, -0.15) is 0 Å². The zero-order valence-electron chi connectivity index (χ0n) is 11.7. The van der Waals surface area contributed by atoms with E-state index in [0.717, 1.165) is 24.0 Å². The predicted molar refractivity (Wildman–Crippen MR) is 79.1 cm³/mol. The van der Waals surface area contributed by atoms with E-state index in [9.17, 15) is 9.90 Å². The van der Waals surface area contributed by atoms with Crippen LogP contribution in [0.1, 0.15) is 46.5 Å². The molecule has 108 valence electrons. The fourth-order valence-electron chi connectivity index (χ4n) is 3.22. The maximum atomic E-state index is 12.5. The summed E-state index contributed by atoms with van der Waals surface area (Å²) in [6.45, 7) is 0.